The Morgan fingerprint density at radius 1 is 0.884 bits per heavy atom. The Morgan fingerprint density at radius 2 is 1.63 bits per heavy atom. The zero-order chi connectivity index (χ0) is 30.9. The molecule has 222 valence electrons. The number of fused-ring (bicyclic) bond motifs is 1. The number of anilines is 1. The fraction of sp³-hybridized carbons (Fsp3) is 0.250. The molecule has 3 heterocycles. The van der Waals surface area contributed by atoms with E-state index in [1.54, 1.807) is 6.07 Å². The number of hydrogen-bond donors (Lipinski definition) is 1. The molecule has 0 aliphatic heterocycles. The number of ether oxygens (including phenoxy) is 1. The minimum Gasteiger partial charge on any atom is -0.493 e. The normalized spacial score (nSPS) is 10.6. The van der Waals surface area contributed by atoms with Crippen LogP contribution in [0.5, 0.6) is 5.75 Å². The van der Waals surface area contributed by atoms with Crippen molar-refractivity contribution in [1.29, 1.82) is 0 Å². The number of carbonyl (C=O) groups is 2. The van der Waals surface area contributed by atoms with Crippen molar-refractivity contribution in [2.45, 2.75) is 41.0 Å². The molecule has 7 heteroatoms. The van der Waals surface area contributed by atoms with E-state index in [1.165, 1.54) is 46.2 Å². The van der Waals surface area contributed by atoms with Crippen LogP contribution in [0.25, 0.3) is 16.6 Å². The van der Waals surface area contributed by atoms with Crippen LogP contribution in [-0.4, -0.2) is 45.9 Å². The summed E-state index contributed by atoms with van der Waals surface area (Å²) in [5.41, 5.74) is 7.61. The second kappa shape index (κ2) is 14.3. The van der Waals surface area contributed by atoms with Crippen LogP contribution in [0.4, 0.5) is 5.69 Å². The highest BCUT2D eigenvalue weighted by Gasteiger charge is 2.23. The first-order valence-corrected chi connectivity index (χ1v) is 14.7. The standard InChI is InChI=1S/C19H22N2O4.C17H17N/c1-4-21(5-2)13-9-10-14(16(12-13)25-6-3)18(22)17-15(19(23)24)8-7-11-20-17;1-3-14-9-10-16-11-17(13(2)18(16)12-14)15-7-5-4-6-8-15/h7-12H,4-6H2,1-3H3,(H,23,24);4-12H,3H2,1-2H3. The lowest BCUT2D eigenvalue weighted by atomic mass is 10.0. The number of carboxylic acids is 1. The predicted octanol–water partition coefficient (Wildman–Crippen LogP) is 7.73. The van der Waals surface area contributed by atoms with E-state index in [9.17, 15) is 14.7 Å². The third-order valence-electron chi connectivity index (χ3n) is 7.47. The molecule has 0 fully saturated rings. The van der Waals surface area contributed by atoms with E-state index in [0.717, 1.165) is 25.2 Å². The molecule has 43 heavy (non-hydrogen) atoms. The van der Waals surface area contributed by atoms with E-state index in [1.807, 2.05) is 19.1 Å². The van der Waals surface area contributed by atoms with Gasteiger partial charge in [0.2, 0.25) is 5.78 Å². The van der Waals surface area contributed by atoms with Gasteiger partial charge in [-0.2, -0.15) is 0 Å². The van der Waals surface area contributed by atoms with Crippen molar-refractivity contribution in [2.75, 3.05) is 24.6 Å². The van der Waals surface area contributed by atoms with Gasteiger partial charge < -0.3 is 19.1 Å². The topological polar surface area (TPSA) is 84.1 Å². The molecular formula is C36H39N3O4. The minimum absolute atomic E-state index is 0.0912. The number of carboxylic acid groups (broad SMARTS) is 1. The van der Waals surface area contributed by atoms with Crippen molar-refractivity contribution in [2.24, 2.45) is 0 Å². The van der Waals surface area contributed by atoms with Gasteiger partial charge in [0.05, 0.1) is 17.7 Å². The van der Waals surface area contributed by atoms with Gasteiger partial charge in [-0.15, -0.1) is 0 Å². The molecule has 3 aromatic heterocycles. The zero-order valence-corrected chi connectivity index (χ0v) is 25.5. The summed E-state index contributed by atoms with van der Waals surface area (Å²) >= 11 is 0. The van der Waals surface area contributed by atoms with Crippen LogP contribution < -0.4 is 9.64 Å². The van der Waals surface area contributed by atoms with Gasteiger partial charge in [-0.3, -0.25) is 9.78 Å². The van der Waals surface area contributed by atoms with E-state index in [0.29, 0.717) is 17.9 Å². The van der Waals surface area contributed by atoms with Gasteiger partial charge in [0.25, 0.3) is 0 Å². The molecule has 0 atom stereocenters. The summed E-state index contributed by atoms with van der Waals surface area (Å²) in [5, 5.41) is 9.28. The number of aromatic carboxylic acids is 1. The monoisotopic (exact) mass is 577 g/mol. The van der Waals surface area contributed by atoms with E-state index in [-0.39, 0.29) is 11.3 Å². The summed E-state index contributed by atoms with van der Waals surface area (Å²) in [6.45, 7) is 12.4. The second-order valence-corrected chi connectivity index (χ2v) is 10.0. The van der Waals surface area contributed by atoms with Gasteiger partial charge in [-0.1, -0.05) is 43.3 Å². The summed E-state index contributed by atoms with van der Waals surface area (Å²) in [5.74, 6) is -1.22. The summed E-state index contributed by atoms with van der Waals surface area (Å²) < 4.78 is 7.93. The summed E-state index contributed by atoms with van der Waals surface area (Å²) in [6.07, 6.45) is 4.73. The van der Waals surface area contributed by atoms with Crippen LogP contribution in [0.2, 0.25) is 0 Å². The van der Waals surface area contributed by atoms with Crippen molar-refractivity contribution >= 4 is 23.0 Å². The summed E-state index contributed by atoms with van der Waals surface area (Å²) in [4.78, 5) is 30.3. The quantitative estimate of drug-likeness (QED) is 0.171. The summed E-state index contributed by atoms with van der Waals surface area (Å²) in [6, 6.07) is 25.4. The molecule has 0 unspecified atom stereocenters. The average molecular weight is 578 g/mol. The lowest BCUT2D eigenvalue weighted by Crippen LogP contribution is -2.22. The van der Waals surface area contributed by atoms with E-state index < -0.39 is 11.8 Å². The molecule has 0 saturated heterocycles. The van der Waals surface area contributed by atoms with E-state index >= 15 is 0 Å². The van der Waals surface area contributed by atoms with E-state index in [4.69, 9.17) is 4.74 Å². The molecular weight excluding hydrogens is 538 g/mol. The maximum Gasteiger partial charge on any atom is 0.338 e. The number of benzene rings is 2. The molecule has 7 nitrogen and oxygen atoms in total. The van der Waals surface area contributed by atoms with Crippen LogP contribution in [0.1, 0.15) is 65.4 Å². The largest absolute Gasteiger partial charge is 0.493 e. The third kappa shape index (κ3) is 6.95. The highest BCUT2D eigenvalue weighted by Crippen LogP contribution is 2.29. The molecule has 0 radical (unpaired) electrons. The van der Waals surface area contributed by atoms with Crippen LogP contribution in [0, 0.1) is 6.92 Å². The van der Waals surface area contributed by atoms with Gasteiger partial charge >= 0.3 is 5.97 Å². The van der Waals surface area contributed by atoms with Gasteiger partial charge in [0.15, 0.2) is 0 Å². The Labute approximate surface area is 253 Å². The Hall–Kier alpha value is -4.91. The van der Waals surface area contributed by atoms with Gasteiger partial charge in [0.1, 0.15) is 11.4 Å². The Balaban J connectivity index is 0.000000206. The number of pyridine rings is 2. The average Bonchev–Trinajstić information content (AvgIpc) is 3.37. The zero-order valence-electron chi connectivity index (χ0n) is 25.5. The number of ketones is 1. The molecule has 0 aliphatic carbocycles. The highest BCUT2D eigenvalue weighted by molar-refractivity contribution is 6.14. The molecule has 0 aliphatic rings. The number of carbonyl (C=O) groups excluding carboxylic acids is 1. The molecule has 2 aromatic carbocycles. The first-order valence-electron chi connectivity index (χ1n) is 14.7. The SMILES string of the molecule is CCOc1cc(N(CC)CC)ccc1C(=O)c1ncccc1C(=O)O.CCc1ccc2cc(-c3ccccc3)c(C)n2c1. The fourth-order valence-corrected chi connectivity index (χ4v) is 5.11. The van der Waals surface area contributed by atoms with Gasteiger partial charge in [-0.25, -0.2) is 4.79 Å². The second-order valence-electron chi connectivity index (χ2n) is 10.0. The number of rotatable bonds is 10. The molecule has 0 spiro atoms. The summed E-state index contributed by atoms with van der Waals surface area (Å²) in [7, 11) is 0. The number of nitrogens with zero attached hydrogens (tertiary/aromatic N) is 3. The van der Waals surface area contributed by atoms with Gasteiger partial charge in [0, 0.05) is 54.0 Å². The number of aryl methyl sites for hydroxylation is 2. The molecule has 5 aromatic rings. The lowest BCUT2D eigenvalue weighted by Gasteiger charge is -2.22. The molecule has 1 N–H and O–H groups in total. The minimum atomic E-state index is -1.19. The van der Waals surface area contributed by atoms with Crippen molar-refractivity contribution in [3.05, 3.63) is 119 Å². The Kier molecular flexibility index (Phi) is 10.3. The van der Waals surface area contributed by atoms with Crippen molar-refractivity contribution in [3.8, 4) is 16.9 Å². The Bertz CT molecular complexity index is 1710. The van der Waals surface area contributed by atoms with Crippen molar-refractivity contribution < 1.29 is 19.4 Å². The molecule has 0 saturated carbocycles. The van der Waals surface area contributed by atoms with Crippen LogP contribution >= 0.6 is 0 Å². The predicted molar refractivity (Wildman–Crippen MR) is 173 cm³/mol. The van der Waals surface area contributed by atoms with Crippen molar-refractivity contribution in [1.82, 2.24) is 9.38 Å². The first-order chi connectivity index (χ1) is 20.8. The number of aromatic nitrogens is 2. The molecule has 0 amide bonds. The van der Waals surface area contributed by atoms with Crippen LogP contribution in [0.15, 0.2) is 91.3 Å². The Morgan fingerprint density at radius 3 is 2.28 bits per heavy atom. The fourth-order valence-electron chi connectivity index (χ4n) is 5.11. The maximum absolute atomic E-state index is 12.9. The van der Waals surface area contributed by atoms with Gasteiger partial charge in [-0.05, 0) is 81.6 Å². The smallest absolute Gasteiger partial charge is 0.338 e. The lowest BCUT2D eigenvalue weighted by molar-refractivity contribution is 0.0692. The van der Waals surface area contributed by atoms with Crippen LogP contribution in [-0.2, 0) is 6.42 Å². The molecule has 5 rings (SSSR count). The molecule has 0 bridgehead atoms. The van der Waals surface area contributed by atoms with E-state index in [2.05, 4.69) is 96.7 Å². The maximum atomic E-state index is 12.9. The first kappa shape index (κ1) is 31.0. The third-order valence-corrected chi connectivity index (χ3v) is 7.47. The van der Waals surface area contributed by atoms with Crippen LogP contribution in [0.3, 0.4) is 0 Å². The number of hydrogen-bond acceptors (Lipinski definition) is 5. The van der Waals surface area contributed by atoms with Crippen molar-refractivity contribution in [3.63, 3.8) is 0 Å². The highest BCUT2D eigenvalue weighted by atomic mass is 16.5.